The van der Waals surface area contributed by atoms with E-state index < -0.39 is 16.8 Å². The molecule has 0 aromatic heterocycles. The van der Waals surface area contributed by atoms with Crippen molar-refractivity contribution in [3.8, 4) is 0 Å². The fourth-order valence-corrected chi connectivity index (χ4v) is 3.07. The Balaban J connectivity index is 1.77. The van der Waals surface area contributed by atoms with Crippen molar-refractivity contribution in [2.75, 3.05) is 6.54 Å². The molecule has 2 N–H and O–H groups in total. The van der Waals surface area contributed by atoms with Gasteiger partial charge in [0.15, 0.2) is 0 Å². The second-order valence-corrected chi connectivity index (χ2v) is 6.77. The van der Waals surface area contributed by atoms with Gasteiger partial charge in [-0.3, -0.25) is 9.59 Å². The molecule has 1 amide bonds. The minimum absolute atomic E-state index is 0.00583. The van der Waals surface area contributed by atoms with Crippen molar-refractivity contribution < 1.29 is 19.1 Å². The molecule has 0 saturated heterocycles. The van der Waals surface area contributed by atoms with E-state index in [0.29, 0.717) is 18.4 Å². The molecule has 0 heterocycles. The zero-order valence-electron chi connectivity index (χ0n) is 14.0. The molecular formula is C20H20FNO3. The summed E-state index contributed by atoms with van der Waals surface area (Å²) in [4.78, 5) is 24.5. The quantitative estimate of drug-likeness (QED) is 0.849. The third-order valence-corrected chi connectivity index (χ3v) is 5.07. The van der Waals surface area contributed by atoms with Crippen LogP contribution in [0.3, 0.4) is 0 Å². The Kier molecular flexibility index (Phi) is 4.33. The molecule has 2 aromatic rings. The smallest absolute Gasteiger partial charge is 0.315 e. The number of hydrogen-bond donors (Lipinski definition) is 2. The van der Waals surface area contributed by atoms with Crippen LogP contribution in [0.15, 0.2) is 54.6 Å². The Morgan fingerprint density at radius 1 is 1.12 bits per heavy atom. The van der Waals surface area contributed by atoms with E-state index in [4.69, 9.17) is 0 Å². The van der Waals surface area contributed by atoms with Gasteiger partial charge in [0.25, 0.3) is 0 Å². The molecule has 1 fully saturated rings. The lowest BCUT2D eigenvalue weighted by atomic mass is 9.82. The second kappa shape index (κ2) is 6.31. The largest absolute Gasteiger partial charge is 0.481 e. The molecular weight excluding hydrogens is 321 g/mol. The molecule has 4 nitrogen and oxygen atoms in total. The summed E-state index contributed by atoms with van der Waals surface area (Å²) in [5.74, 6) is -1.55. The van der Waals surface area contributed by atoms with Crippen LogP contribution in [-0.2, 0) is 20.4 Å². The van der Waals surface area contributed by atoms with E-state index in [1.807, 2.05) is 6.07 Å². The molecule has 0 radical (unpaired) electrons. The van der Waals surface area contributed by atoms with Crippen LogP contribution >= 0.6 is 0 Å². The van der Waals surface area contributed by atoms with E-state index in [1.165, 1.54) is 12.1 Å². The summed E-state index contributed by atoms with van der Waals surface area (Å²) in [6, 6.07) is 14.8. The summed E-state index contributed by atoms with van der Waals surface area (Å²) in [6.07, 6.45) is 1.36. The SMILES string of the molecule is CC(CNC(=O)C1(c2ccc(F)cc2)CC1)(C(=O)O)c1ccccc1. The fraction of sp³-hybridized carbons (Fsp3) is 0.300. The minimum atomic E-state index is -1.21. The maximum atomic E-state index is 13.1. The molecule has 3 rings (SSSR count). The van der Waals surface area contributed by atoms with Crippen LogP contribution in [0.2, 0.25) is 0 Å². The molecule has 0 bridgehead atoms. The maximum Gasteiger partial charge on any atom is 0.315 e. The van der Waals surface area contributed by atoms with Gasteiger partial charge in [-0.1, -0.05) is 42.5 Å². The highest BCUT2D eigenvalue weighted by atomic mass is 19.1. The highest BCUT2D eigenvalue weighted by molar-refractivity contribution is 5.92. The van der Waals surface area contributed by atoms with Crippen molar-refractivity contribution in [2.24, 2.45) is 0 Å². The van der Waals surface area contributed by atoms with E-state index >= 15 is 0 Å². The normalized spacial score (nSPS) is 17.4. The van der Waals surface area contributed by atoms with Crippen LogP contribution in [-0.4, -0.2) is 23.5 Å². The number of aliphatic carboxylic acids is 1. The summed E-state index contributed by atoms with van der Waals surface area (Å²) < 4.78 is 13.1. The first-order chi connectivity index (χ1) is 11.9. The molecule has 1 unspecified atom stereocenters. The van der Waals surface area contributed by atoms with E-state index in [0.717, 1.165) is 5.56 Å². The number of rotatable bonds is 6. The molecule has 0 aliphatic heterocycles. The number of nitrogens with one attached hydrogen (secondary N) is 1. The number of carbonyl (C=O) groups excluding carboxylic acids is 1. The Bertz CT molecular complexity index is 784. The lowest BCUT2D eigenvalue weighted by molar-refractivity contribution is -0.143. The number of benzene rings is 2. The first kappa shape index (κ1) is 17.1. The minimum Gasteiger partial charge on any atom is -0.481 e. The van der Waals surface area contributed by atoms with Gasteiger partial charge in [-0.15, -0.1) is 0 Å². The summed E-state index contributed by atoms with van der Waals surface area (Å²) in [5, 5.41) is 12.5. The fourth-order valence-electron chi connectivity index (χ4n) is 3.07. The van der Waals surface area contributed by atoms with Crippen LogP contribution in [0.4, 0.5) is 4.39 Å². The summed E-state index contributed by atoms with van der Waals surface area (Å²) in [6.45, 7) is 1.59. The van der Waals surface area contributed by atoms with Crippen molar-refractivity contribution in [1.82, 2.24) is 5.32 Å². The van der Waals surface area contributed by atoms with Crippen molar-refractivity contribution in [1.29, 1.82) is 0 Å². The Labute approximate surface area is 145 Å². The third kappa shape index (κ3) is 3.14. The first-order valence-electron chi connectivity index (χ1n) is 8.22. The van der Waals surface area contributed by atoms with Crippen LogP contribution in [0.25, 0.3) is 0 Å². The third-order valence-electron chi connectivity index (χ3n) is 5.07. The molecule has 1 aliphatic carbocycles. The van der Waals surface area contributed by atoms with Gasteiger partial charge < -0.3 is 10.4 Å². The summed E-state index contributed by atoms with van der Waals surface area (Å²) in [7, 11) is 0. The Hall–Kier alpha value is -2.69. The zero-order chi connectivity index (χ0) is 18.1. The maximum absolute atomic E-state index is 13.1. The van der Waals surface area contributed by atoms with Crippen molar-refractivity contribution in [3.05, 3.63) is 71.5 Å². The van der Waals surface area contributed by atoms with E-state index in [9.17, 15) is 19.1 Å². The molecule has 130 valence electrons. The molecule has 5 heteroatoms. The van der Waals surface area contributed by atoms with Crippen LogP contribution in [0.1, 0.15) is 30.9 Å². The lowest BCUT2D eigenvalue weighted by Crippen LogP contribution is -2.47. The topological polar surface area (TPSA) is 66.4 Å². The number of amides is 1. The van der Waals surface area contributed by atoms with Crippen molar-refractivity contribution >= 4 is 11.9 Å². The number of carbonyl (C=O) groups is 2. The van der Waals surface area contributed by atoms with Crippen LogP contribution in [0, 0.1) is 5.82 Å². The molecule has 25 heavy (non-hydrogen) atoms. The van der Waals surface area contributed by atoms with E-state index in [2.05, 4.69) is 5.32 Å². The van der Waals surface area contributed by atoms with Crippen molar-refractivity contribution in [2.45, 2.75) is 30.6 Å². The van der Waals surface area contributed by atoms with Crippen molar-refractivity contribution in [3.63, 3.8) is 0 Å². The number of hydrogen-bond acceptors (Lipinski definition) is 2. The van der Waals surface area contributed by atoms with E-state index in [-0.39, 0.29) is 18.3 Å². The first-order valence-corrected chi connectivity index (χ1v) is 8.22. The van der Waals surface area contributed by atoms with Gasteiger partial charge in [0.05, 0.1) is 5.41 Å². The molecule has 0 spiro atoms. The van der Waals surface area contributed by atoms with Gasteiger partial charge >= 0.3 is 5.97 Å². The van der Waals surface area contributed by atoms with Gasteiger partial charge in [-0.05, 0) is 43.0 Å². The number of carboxylic acids is 1. The zero-order valence-corrected chi connectivity index (χ0v) is 14.0. The van der Waals surface area contributed by atoms with Gasteiger partial charge in [-0.25, -0.2) is 4.39 Å². The second-order valence-electron chi connectivity index (χ2n) is 6.77. The molecule has 1 atom stereocenters. The summed E-state index contributed by atoms with van der Waals surface area (Å²) >= 11 is 0. The highest BCUT2D eigenvalue weighted by Crippen LogP contribution is 2.48. The molecule has 2 aromatic carbocycles. The highest BCUT2D eigenvalue weighted by Gasteiger charge is 2.51. The predicted octanol–water partition coefficient (Wildman–Crippen LogP) is 3.02. The molecule has 1 saturated carbocycles. The monoisotopic (exact) mass is 341 g/mol. The number of carboxylic acid groups (broad SMARTS) is 1. The average molecular weight is 341 g/mol. The lowest BCUT2D eigenvalue weighted by Gasteiger charge is -2.27. The Morgan fingerprint density at radius 3 is 2.24 bits per heavy atom. The number of halogens is 1. The van der Waals surface area contributed by atoms with Crippen LogP contribution in [0.5, 0.6) is 0 Å². The average Bonchev–Trinajstić information content (AvgIpc) is 3.42. The van der Waals surface area contributed by atoms with Crippen LogP contribution < -0.4 is 5.32 Å². The Morgan fingerprint density at radius 2 is 1.72 bits per heavy atom. The van der Waals surface area contributed by atoms with Gasteiger partial charge in [0, 0.05) is 6.54 Å². The summed E-state index contributed by atoms with van der Waals surface area (Å²) in [5.41, 5.74) is -0.475. The van der Waals surface area contributed by atoms with E-state index in [1.54, 1.807) is 43.3 Å². The van der Waals surface area contributed by atoms with Gasteiger partial charge in [0.1, 0.15) is 11.2 Å². The predicted molar refractivity (Wildman–Crippen MR) is 91.8 cm³/mol. The van der Waals surface area contributed by atoms with Gasteiger partial charge in [-0.2, -0.15) is 0 Å². The van der Waals surface area contributed by atoms with Gasteiger partial charge in [0.2, 0.25) is 5.91 Å². The molecule has 1 aliphatic rings. The standard InChI is InChI=1S/C20H20FNO3/c1-19(18(24)25,14-5-3-2-4-6-14)13-22-17(23)20(11-12-20)15-7-9-16(21)10-8-15/h2-10H,11-13H2,1H3,(H,22,23)(H,24,25).